The van der Waals surface area contributed by atoms with E-state index >= 15 is 0 Å². The van der Waals surface area contributed by atoms with Crippen molar-refractivity contribution in [3.63, 3.8) is 0 Å². The van der Waals surface area contributed by atoms with Crippen LogP contribution in [0.15, 0.2) is 42.5 Å². The number of esters is 1. The molecule has 1 saturated heterocycles. The molecule has 1 aliphatic heterocycles. The summed E-state index contributed by atoms with van der Waals surface area (Å²) in [6.45, 7) is 5.67. The molecule has 28 heavy (non-hydrogen) atoms. The first-order valence-corrected chi connectivity index (χ1v) is 9.25. The zero-order chi connectivity index (χ0) is 20.3. The van der Waals surface area contributed by atoms with Crippen molar-refractivity contribution in [2.45, 2.75) is 27.2 Å². The number of hydrogen-bond acceptors (Lipinski definition) is 4. The Kier molecular flexibility index (Phi) is 5.78. The van der Waals surface area contributed by atoms with Crippen LogP contribution in [0.3, 0.4) is 0 Å². The fraction of sp³-hybridized carbons (Fsp3) is 0.318. The van der Waals surface area contributed by atoms with Crippen molar-refractivity contribution < 1.29 is 19.1 Å². The molecular weight excluding hydrogens is 356 g/mol. The number of para-hydroxylation sites is 1. The van der Waals surface area contributed by atoms with Gasteiger partial charge in [-0.1, -0.05) is 30.3 Å². The molecular formula is C22H24N2O4. The topological polar surface area (TPSA) is 75.7 Å². The van der Waals surface area contributed by atoms with E-state index in [-0.39, 0.29) is 25.5 Å². The van der Waals surface area contributed by atoms with Crippen LogP contribution in [0.1, 0.15) is 23.1 Å². The lowest BCUT2D eigenvalue weighted by Gasteiger charge is -2.19. The van der Waals surface area contributed by atoms with Crippen molar-refractivity contribution in [3.05, 3.63) is 59.2 Å². The van der Waals surface area contributed by atoms with E-state index in [2.05, 4.69) is 5.32 Å². The van der Waals surface area contributed by atoms with E-state index < -0.39 is 17.8 Å². The molecule has 146 valence electrons. The Morgan fingerprint density at radius 1 is 1.11 bits per heavy atom. The summed E-state index contributed by atoms with van der Waals surface area (Å²) >= 11 is 0. The van der Waals surface area contributed by atoms with Gasteiger partial charge in [-0.3, -0.25) is 14.4 Å². The molecule has 0 saturated carbocycles. The van der Waals surface area contributed by atoms with Gasteiger partial charge in [0, 0.05) is 24.3 Å². The minimum Gasteiger partial charge on any atom is -0.455 e. The summed E-state index contributed by atoms with van der Waals surface area (Å²) in [5, 5.41) is 2.72. The van der Waals surface area contributed by atoms with Crippen molar-refractivity contribution in [1.29, 1.82) is 0 Å². The number of nitrogens with one attached hydrogen (secondary N) is 1. The minimum absolute atomic E-state index is 0.0889. The second-order valence-corrected chi connectivity index (χ2v) is 7.17. The van der Waals surface area contributed by atoms with Gasteiger partial charge in [0.15, 0.2) is 6.61 Å². The molecule has 1 N–H and O–H groups in total. The van der Waals surface area contributed by atoms with Crippen LogP contribution in [0, 0.1) is 26.7 Å². The SMILES string of the molecule is Cc1ccc(C)c(N2C[C@@H](C(=O)OCC(=O)Nc3ccccc3C)CC2=O)c1. The molecule has 1 heterocycles. The minimum atomic E-state index is -0.571. The summed E-state index contributed by atoms with van der Waals surface area (Å²) in [7, 11) is 0. The third kappa shape index (κ3) is 4.39. The largest absolute Gasteiger partial charge is 0.455 e. The van der Waals surface area contributed by atoms with Crippen molar-refractivity contribution in [2.75, 3.05) is 23.4 Å². The average molecular weight is 380 g/mol. The number of aryl methyl sites for hydroxylation is 3. The summed E-state index contributed by atoms with van der Waals surface area (Å²) in [4.78, 5) is 38.4. The molecule has 1 aliphatic rings. The van der Waals surface area contributed by atoms with Gasteiger partial charge < -0.3 is 15.0 Å². The van der Waals surface area contributed by atoms with Gasteiger partial charge in [-0.2, -0.15) is 0 Å². The van der Waals surface area contributed by atoms with Gasteiger partial charge in [0.25, 0.3) is 5.91 Å². The van der Waals surface area contributed by atoms with E-state index in [4.69, 9.17) is 4.74 Å². The van der Waals surface area contributed by atoms with Gasteiger partial charge >= 0.3 is 5.97 Å². The lowest BCUT2D eigenvalue weighted by atomic mass is 10.1. The third-order valence-corrected chi connectivity index (χ3v) is 4.88. The molecule has 2 aromatic carbocycles. The number of ether oxygens (including phenoxy) is 1. The second kappa shape index (κ2) is 8.25. The molecule has 3 rings (SSSR count). The smallest absolute Gasteiger partial charge is 0.311 e. The van der Waals surface area contributed by atoms with Crippen LogP contribution < -0.4 is 10.2 Å². The second-order valence-electron chi connectivity index (χ2n) is 7.17. The number of hydrogen-bond donors (Lipinski definition) is 1. The Morgan fingerprint density at radius 2 is 1.86 bits per heavy atom. The highest BCUT2D eigenvalue weighted by molar-refractivity contribution is 6.00. The van der Waals surface area contributed by atoms with Crippen molar-refractivity contribution in [3.8, 4) is 0 Å². The normalized spacial score (nSPS) is 16.2. The van der Waals surface area contributed by atoms with Gasteiger partial charge in [0.05, 0.1) is 5.92 Å². The van der Waals surface area contributed by atoms with E-state index in [1.54, 1.807) is 11.0 Å². The summed E-state index contributed by atoms with van der Waals surface area (Å²) in [6.07, 6.45) is 0.0889. The molecule has 0 aliphatic carbocycles. The molecule has 6 heteroatoms. The number of rotatable bonds is 5. The Bertz CT molecular complexity index is 923. The first kappa shape index (κ1) is 19.6. The fourth-order valence-electron chi connectivity index (χ4n) is 3.26. The van der Waals surface area contributed by atoms with Crippen molar-refractivity contribution >= 4 is 29.2 Å². The van der Waals surface area contributed by atoms with Gasteiger partial charge in [0.1, 0.15) is 0 Å². The molecule has 2 amide bonds. The zero-order valence-electron chi connectivity index (χ0n) is 16.3. The molecule has 2 aromatic rings. The highest BCUT2D eigenvalue weighted by Crippen LogP contribution is 2.29. The molecule has 6 nitrogen and oxygen atoms in total. The Balaban J connectivity index is 1.57. The third-order valence-electron chi connectivity index (χ3n) is 4.88. The standard InChI is InChI=1S/C22H24N2O4/c1-14-8-9-16(3)19(10-14)24-12-17(11-21(24)26)22(27)28-13-20(25)23-18-7-5-4-6-15(18)2/h4-10,17H,11-13H2,1-3H3,(H,23,25)/t17-/m0/s1. The maximum atomic E-state index is 12.4. The molecule has 1 fully saturated rings. The number of carbonyl (C=O) groups is 3. The number of anilines is 2. The summed E-state index contributed by atoms with van der Waals surface area (Å²) in [5.74, 6) is -1.61. The van der Waals surface area contributed by atoms with E-state index in [0.717, 1.165) is 22.4 Å². The monoisotopic (exact) mass is 380 g/mol. The Hall–Kier alpha value is -3.15. The van der Waals surface area contributed by atoms with Crippen LogP contribution in [-0.4, -0.2) is 30.9 Å². The predicted octanol–water partition coefficient (Wildman–Crippen LogP) is 3.15. The van der Waals surface area contributed by atoms with Crippen LogP contribution >= 0.6 is 0 Å². The molecule has 0 radical (unpaired) electrons. The van der Waals surface area contributed by atoms with Crippen molar-refractivity contribution in [2.24, 2.45) is 5.92 Å². The molecule has 0 unspecified atom stereocenters. The zero-order valence-corrected chi connectivity index (χ0v) is 16.3. The first-order chi connectivity index (χ1) is 13.3. The number of nitrogens with zero attached hydrogens (tertiary/aromatic N) is 1. The summed E-state index contributed by atoms with van der Waals surface area (Å²) < 4.78 is 5.16. The fourth-order valence-corrected chi connectivity index (χ4v) is 3.26. The highest BCUT2D eigenvalue weighted by atomic mass is 16.5. The first-order valence-electron chi connectivity index (χ1n) is 9.25. The van der Waals surface area contributed by atoms with Crippen LogP contribution in [0.5, 0.6) is 0 Å². The summed E-state index contributed by atoms with van der Waals surface area (Å²) in [5.41, 5.74) is 4.45. The van der Waals surface area contributed by atoms with Crippen LogP contribution in [0.2, 0.25) is 0 Å². The lowest BCUT2D eigenvalue weighted by molar-refractivity contribution is -0.151. The molecule has 0 aromatic heterocycles. The summed E-state index contributed by atoms with van der Waals surface area (Å²) in [6, 6.07) is 13.2. The Labute approximate surface area is 164 Å². The average Bonchev–Trinajstić information content (AvgIpc) is 3.05. The van der Waals surface area contributed by atoms with E-state index in [1.165, 1.54) is 0 Å². The lowest BCUT2D eigenvalue weighted by Crippen LogP contribution is -2.28. The molecule has 0 bridgehead atoms. The van der Waals surface area contributed by atoms with E-state index in [9.17, 15) is 14.4 Å². The number of carbonyl (C=O) groups excluding carboxylic acids is 3. The maximum absolute atomic E-state index is 12.4. The van der Waals surface area contributed by atoms with Gasteiger partial charge in [-0.25, -0.2) is 0 Å². The van der Waals surface area contributed by atoms with Gasteiger partial charge in [-0.15, -0.1) is 0 Å². The van der Waals surface area contributed by atoms with Crippen LogP contribution in [0.4, 0.5) is 11.4 Å². The molecule has 1 atom stereocenters. The predicted molar refractivity (Wildman–Crippen MR) is 107 cm³/mol. The van der Waals surface area contributed by atoms with Crippen LogP contribution in [0.25, 0.3) is 0 Å². The number of amides is 2. The Morgan fingerprint density at radius 3 is 2.61 bits per heavy atom. The highest BCUT2D eigenvalue weighted by Gasteiger charge is 2.36. The van der Waals surface area contributed by atoms with Gasteiger partial charge in [-0.05, 0) is 49.6 Å². The van der Waals surface area contributed by atoms with Crippen LogP contribution in [-0.2, 0) is 19.1 Å². The molecule has 0 spiro atoms. The van der Waals surface area contributed by atoms with E-state index in [0.29, 0.717) is 5.69 Å². The van der Waals surface area contributed by atoms with Gasteiger partial charge in [0.2, 0.25) is 5.91 Å². The van der Waals surface area contributed by atoms with E-state index in [1.807, 2.05) is 57.2 Å². The quantitative estimate of drug-likeness (QED) is 0.809. The van der Waals surface area contributed by atoms with Crippen molar-refractivity contribution in [1.82, 2.24) is 0 Å². The maximum Gasteiger partial charge on any atom is 0.311 e. The number of benzene rings is 2.